The molecule has 2 rings (SSSR count). The molecule has 2 aromatic carbocycles. The maximum atomic E-state index is 13.0. The molecule has 0 aromatic heterocycles. The van der Waals surface area contributed by atoms with E-state index in [1.54, 1.807) is 48.0 Å². The molecule has 0 fully saturated rings. The summed E-state index contributed by atoms with van der Waals surface area (Å²) in [4.78, 5) is 28.5. The summed E-state index contributed by atoms with van der Waals surface area (Å²) in [7, 11) is 1.77. The highest BCUT2D eigenvalue weighted by Crippen LogP contribution is 2.17. The Morgan fingerprint density at radius 3 is 2.21 bits per heavy atom. The van der Waals surface area contributed by atoms with Crippen LogP contribution in [-0.4, -0.2) is 42.7 Å². The lowest BCUT2D eigenvalue weighted by molar-refractivity contribution is -0.133. The van der Waals surface area contributed by atoms with Crippen LogP contribution in [0.15, 0.2) is 53.4 Å². The average Bonchev–Trinajstić information content (AvgIpc) is 2.72. The number of benzene rings is 2. The molecule has 6 heteroatoms. The zero-order chi connectivity index (χ0) is 21.4. The number of thioether (sulfide) groups is 1. The van der Waals surface area contributed by atoms with Crippen LogP contribution in [0.4, 0.5) is 0 Å². The normalized spacial score (nSPS) is 11.8. The van der Waals surface area contributed by atoms with Crippen LogP contribution in [-0.2, 0) is 11.3 Å². The van der Waals surface area contributed by atoms with Crippen molar-refractivity contribution in [1.29, 1.82) is 0 Å². The number of carbonyl (C=O) groups excluding carboxylic acids is 2. The van der Waals surface area contributed by atoms with Crippen LogP contribution < -0.4 is 10.1 Å². The summed E-state index contributed by atoms with van der Waals surface area (Å²) < 4.78 is 5.41. The topological polar surface area (TPSA) is 58.6 Å². The van der Waals surface area contributed by atoms with Gasteiger partial charge < -0.3 is 15.0 Å². The van der Waals surface area contributed by atoms with Crippen LogP contribution in [0.5, 0.6) is 5.75 Å². The summed E-state index contributed by atoms with van der Waals surface area (Å²) >= 11 is 1.68. The highest BCUT2D eigenvalue weighted by atomic mass is 32.2. The number of carbonyl (C=O) groups is 2. The van der Waals surface area contributed by atoms with Crippen molar-refractivity contribution in [2.75, 3.05) is 19.9 Å². The van der Waals surface area contributed by atoms with Crippen molar-refractivity contribution >= 4 is 23.6 Å². The van der Waals surface area contributed by atoms with Gasteiger partial charge in [0.25, 0.3) is 5.91 Å². The monoisotopic (exact) mass is 414 g/mol. The van der Waals surface area contributed by atoms with E-state index in [0.717, 1.165) is 5.56 Å². The Morgan fingerprint density at radius 2 is 1.69 bits per heavy atom. The second-order valence-electron chi connectivity index (χ2n) is 7.19. The number of nitrogens with one attached hydrogen (secondary N) is 1. The van der Waals surface area contributed by atoms with Crippen molar-refractivity contribution in [3.63, 3.8) is 0 Å². The van der Waals surface area contributed by atoms with Gasteiger partial charge in [-0.05, 0) is 61.1 Å². The van der Waals surface area contributed by atoms with Crippen molar-refractivity contribution < 1.29 is 14.3 Å². The molecule has 0 radical (unpaired) electrons. The van der Waals surface area contributed by atoms with Gasteiger partial charge >= 0.3 is 0 Å². The third kappa shape index (κ3) is 6.53. The van der Waals surface area contributed by atoms with E-state index < -0.39 is 6.04 Å². The molecule has 0 saturated heterocycles. The molecule has 0 aliphatic heterocycles. The van der Waals surface area contributed by atoms with Crippen LogP contribution in [0.25, 0.3) is 0 Å². The summed E-state index contributed by atoms with van der Waals surface area (Å²) in [5.74, 6) is 0.314. The van der Waals surface area contributed by atoms with Crippen molar-refractivity contribution in [1.82, 2.24) is 10.2 Å². The van der Waals surface area contributed by atoms with E-state index in [9.17, 15) is 9.59 Å². The summed E-state index contributed by atoms with van der Waals surface area (Å²) in [5.41, 5.74) is 1.56. The largest absolute Gasteiger partial charge is 0.494 e. The first-order valence-electron chi connectivity index (χ1n) is 9.77. The van der Waals surface area contributed by atoms with Gasteiger partial charge in [-0.25, -0.2) is 0 Å². The standard InChI is InChI=1S/C23H30N2O3S/c1-6-28-19-11-9-18(10-12-19)22(26)24-21(16(2)3)23(27)25(4)15-17-7-13-20(29-5)14-8-17/h7-14,16,21H,6,15H2,1-5H3,(H,24,26). The average molecular weight is 415 g/mol. The van der Waals surface area contributed by atoms with Gasteiger partial charge in [0.2, 0.25) is 5.91 Å². The first kappa shape index (κ1) is 22.8. The van der Waals surface area contributed by atoms with Crippen molar-refractivity contribution in [3.8, 4) is 5.75 Å². The van der Waals surface area contributed by atoms with Crippen LogP contribution in [0, 0.1) is 5.92 Å². The first-order chi connectivity index (χ1) is 13.8. The maximum absolute atomic E-state index is 13.0. The highest BCUT2D eigenvalue weighted by molar-refractivity contribution is 7.98. The number of ether oxygens (including phenoxy) is 1. The molecule has 29 heavy (non-hydrogen) atoms. The quantitative estimate of drug-likeness (QED) is 0.624. The van der Waals surface area contributed by atoms with Crippen LogP contribution in [0.3, 0.4) is 0 Å². The summed E-state index contributed by atoms with van der Waals surface area (Å²) in [6, 6.07) is 14.5. The lowest BCUT2D eigenvalue weighted by Crippen LogP contribution is -2.50. The number of nitrogens with zero attached hydrogens (tertiary/aromatic N) is 1. The molecule has 156 valence electrons. The van der Waals surface area contributed by atoms with Crippen molar-refractivity contribution in [2.45, 2.75) is 38.3 Å². The molecule has 2 aromatic rings. The minimum Gasteiger partial charge on any atom is -0.494 e. The molecule has 0 aliphatic rings. The summed E-state index contributed by atoms with van der Waals surface area (Å²) in [5, 5.41) is 2.89. The lowest BCUT2D eigenvalue weighted by Gasteiger charge is -2.27. The van der Waals surface area contributed by atoms with Gasteiger partial charge in [-0.15, -0.1) is 11.8 Å². The molecule has 5 nitrogen and oxygen atoms in total. The van der Waals surface area contributed by atoms with Gasteiger partial charge in [0.05, 0.1) is 6.61 Å². The minimum atomic E-state index is -0.593. The third-order valence-electron chi connectivity index (χ3n) is 4.60. The van der Waals surface area contributed by atoms with Gasteiger partial charge in [0.15, 0.2) is 0 Å². The van der Waals surface area contributed by atoms with E-state index in [-0.39, 0.29) is 17.7 Å². The first-order valence-corrected chi connectivity index (χ1v) is 11.0. The fourth-order valence-corrected chi connectivity index (χ4v) is 3.34. The SMILES string of the molecule is CCOc1ccc(C(=O)NC(C(=O)N(C)Cc2ccc(SC)cc2)C(C)C)cc1. The van der Waals surface area contributed by atoms with Gasteiger partial charge in [-0.1, -0.05) is 26.0 Å². The lowest BCUT2D eigenvalue weighted by atomic mass is 10.0. The van der Waals surface area contributed by atoms with Crippen molar-refractivity contribution in [3.05, 3.63) is 59.7 Å². The van der Waals surface area contributed by atoms with Crippen LogP contribution >= 0.6 is 11.8 Å². The molecule has 0 aliphatic carbocycles. The van der Waals surface area contributed by atoms with E-state index >= 15 is 0 Å². The minimum absolute atomic E-state index is 0.0320. The molecule has 0 spiro atoms. The van der Waals surface area contributed by atoms with E-state index in [4.69, 9.17) is 4.74 Å². The fourth-order valence-electron chi connectivity index (χ4n) is 2.93. The number of amides is 2. The smallest absolute Gasteiger partial charge is 0.251 e. The molecule has 0 bridgehead atoms. The molecule has 2 amide bonds. The van der Waals surface area contributed by atoms with Gasteiger partial charge in [-0.3, -0.25) is 9.59 Å². The van der Waals surface area contributed by atoms with Crippen LogP contribution in [0.2, 0.25) is 0 Å². The summed E-state index contributed by atoms with van der Waals surface area (Å²) in [6.45, 7) is 6.84. The van der Waals surface area contributed by atoms with Crippen LogP contribution in [0.1, 0.15) is 36.7 Å². The Hall–Kier alpha value is -2.47. The highest BCUT2D eigenvalue weighted by Gasteiger charge is 2.27. The van der Waals surface area contributed by atoms with Gasteiger partial charge in [-0.2, -0.15) is 0 Å². The van der Waals surface area contributed by atoms with Gasteiger partial charge in [0.1, 0.15) is 11.8 Å². The number of likely N-dealkylation sites (N-methyl/N-ethyl adjacent to an activating group) is 1. The third-order valence-corrected chi connectivity index (χ3v) is 5.35. The molecule has 0 heterocycles. The predicted molar refractivity (Wildman–Crippen MR) is 118 cm³/mol. The van der Waals surface area contributed by atoms with E-state index in [1.165, 1.54) is 4.90 Å². The zero-order valence-corrected chi connectivity index (χ0v) is 18.6. The molecule has 1 unspecified atom stereocenters. The van der Waals surface area contributed by atoms with E-state index in [1.807, 2.05) is 51.3 Å². The Morgan fingerprint density at radius 1 is 1.07 bits per heavy atom. The molecular formula is C23H30N2O3S. The van der Waals surface area contributed by atoms with E-state index in [0.29, 0.717) is 24.5 Å². The molecular weight excluding hydrogens is 384 g/mol. The van der Waals surface area contributed by atoms with Gasteiger partial charge in [0, 0.05) is 24.1 Å². The number of hydrogen-bond acceptors (Lipinski definition) is 4. The predicted octanol–water partition coefficient (Wildman–Crippen LogP) is 4.22. The summed E-state index contributed by atoms with van der Waals surface area (Å²) in [6.07, 6.45) is 2.03. The molecule has 0 saturated carbocycles. The second kappa shape index (κ2) is 10.9. The fraction of sp³-hybridized carbons (Fsp3) is 0.391. The number of hydrogen-bond donors (Lipinski definition) is 1. The molecule has 1 N–H and O–H groups in total. The Balaban J connectivity index is 2.04. The second-order valence-corrected chi connectivity index (χ2v) is 8.07. The van der Waals surface area contributed by atoms with Crippen molar-refractivity contribution in [2.24, 2.45) is 5.92 Å². The van der Waals surface area contributed by atoms with E-state index in [2.05, 4.69) is 5.32 Å². The Kier molecular flexibility index (Phi) is 8.58. The molecule has 1 atom stereocenters. The zero-order valence-electron chi connectivity index (χ0n) is 17.8. The Bertz CT molecular complexity index is 804. The Labute approximate surface area is 177 Å². The maximum Gasteiger partial charge on any atom is 0.251 e. The number of rotatable bonds is 9.